The maximum atomic E-state index is 11.5. The summed E-state index contributed by atoms with van der Waals surface area (Å²) in [7, 11) is 0. The van der Waals surface area contributed by atoms with E-state index in [1.54, 1.807) is 24.3 Å². The van der Waals surface area contributed by atoms with Gasteiger partial charge in [-0.25, -0.2) is 0 Å². The van der Waals surface area contributed by atoms with Gasteiger partial charge >= 0.3 is 0 Å². The van der Waals surface area contributed by atoms with E-state index in [1.165, 1.54) is 0 Å². The summed E-state index contributed by atoms with van der Waals surface area (Å²) in [6.07, 6.45) is 0.512. The molecule has 0 aromatic heterocycles. The highest BCUT2D eigenvalue weighted by Gasteiger charge is 2.06. The molecule has 0 aliphatic carbocycles. The first-order chi connectivity index (χ1) is 8.24. The zero-order valence-corrected chi connectivity index (χ0v) is 9.48. The van der Waals surface area contributed by atoms with Crippen LogP contribution in [-0.4, -0.2) is 36.6 Å². The van der Waals surface area contributed by atoms with Crippen molar-refractivity contribution in [2.45, 2.75) is 6.42 Å². The Kier molecular flexibility index (Phi) is 5.74. The van der Waals surface area contributed by atoms with Gasteiger partial charge in [-0.15, -0.1) is 0 Å². The van der Waals surface area contributed by atoms with Gasteiger partial charge in [0, 0.05) is 18.7 Å². The minimum absolute atomic E-state index is 0.0383. The topological polar surface area (TPSA) is 78.4 Å². The van der Waals surface area contributed by atoms with Crippen LogP contribution in [0.3, 0.4) is 0 Å². The third kappa shape index (κ3) is 5.12. The molecule has 1 aromatic carbocycles. The molecule has 0 heterocycles. The zero-order valence-electron chi connectivity index (χ0n) is 9.48. The highest BCUT2D eigenvalue weighted by Crippen LogP contribution is 1.96. The number of carbonyl (C=O) groups excluding carboxylic acids is 2. The molecule has 17 heavy (non-hydrogen) atoms. The quantitative estimate of drug-likeness (QED) is 0.604. The summed E-state index contributed by atoms with van der Waals surface area (Å²) in [6.45, 7) is 0.395. The molecule has 3 N–H and O–H groups in total. The van der Waals surface area contributed by atoms with Gasteiger partial charge in [-0.05, 0) is 18.6 Å². The number of nitrogens with one attached hydrogen (secondary N) is 2. The van der Waals surface area contributed by atoms with Crippen molar-refractivity contribution in [2.75, 3.05) is 19.7 Å². The number of aliphatic hydroxyl groups excluding tert-OH is 1. The third-order valence-electron chi connectivity index (χ3n) is 2.10. The summed E-state index contributed by atoms with van der Waals surface area (Å²) in [5, 5.41) is 13.6. The van der Waals surface area contributed by atoms with Crippen LogP contribution in [0, 0.1) is 0 Å². The second kappa shape index (κ2) is 7.40. The van der Waals surface area contributed by atoms with Gasteiger partial charge in [0.25, 0.3) is 5.91 Å². The Labute approximate surface area is 99.8 Å². The number of rotatable bonds is 6. The van der Waals surface area contributed by atoms with E-state index in [4.69, 9.17) is 5.11 Å². The Bertz CT molecular complexity index is 365. The second-order valence-electron chi connectivity index (χ2n) is 3.48. The lowest BCUT2D eigenvalue weighted by atomic mass is 10.2. The largest absolute Gasteiger partial charge is 0.396 e. The van der Waals surface area contributed by atoms with Crippen molar-refractivity contribution < 1.29 is 14.7 Å². The van der Waals surface area contributed by atoms with Crippen LogP contribution in [0.25, 0.3) is 0 Å². The van der Waals surface area contributed by atoms with E-state index in [0.29, 0.717) is 18.5 Å². The van der Waals surface area contributed by atoms with Crippen molar-refractivity contribution in [3.63, 3.8) is 0 Å². The molecule has 0 unspecified atom stereocenters. The number of benzene rings is 1. The number of aliphatic hydroxyl groups is 1. The molecule has 0 saturated heterocycles. The molecular weight excluding hydrogens is 220 g/mol. The normalized spacial score (nSPS) is 9.71. The van der Waals surface area contributed by atoms with Gasteiger partial charge in [0.1, 0.15) is 0 Å². The number of amides is 2. The van der Waals surface area contributed by atoms with Crippen molar-refractivity contribution in [1.29, 1.82) is 0 Å². The van der Waals surface area contributed by atoms with Crippen molar-refractivity contribution in [1.82, 2.24) is 10.6 Å². The molecule has 0 radical (unpaired) electrons. The van der Waals surface area contributed by atoms with Gasteiger partial charge in [-0.3, -0.25) is 9.59 Å². The van der Waals surface area contributed by atoms with Crippen LogP contribution in [0.5, 0.6) is 0 Å². The van der Waals surface area contributed by atoms with Crippen LogP contribution < -0.4 is 10.6 Å². The van der Waals surface area contributed by atoms with Crippen LogP contribution >= 0.6 is 0 Å². The first-order valence-electron chi connectivity index (χ1n) is 5.45. The minimum atomic E-state index is -0.275. The van der Waals surface area contributed by atoms with Gasteiger partial charge in [-0.2, -0.15) is 0 Å². The van der Waals surface area contributed by atoms with Crippen molar-refractivity contribution in [3.8, 4) is 0 Å². The van der Waals surface area contributed by atoms with E-state index in [2.05, 4.69) is 10.6 Å². The molecule has 1 rings (SSSR count). The van der Waals surface area contributed by atoms with Gasteiger partial charge < -0.3 is 15.7 Å². The number of carbonyl (C=O) groups is 2. The van der Waals surface area contributed by atoms with Crippen molar-refractivity contribution >= 4 is 11.8 Å². The molecule has 2 amide bonds. The summed E-state index contributed by atoms with van der Waals surface area (Å²) < 4.78 is 0. The Hall–Kier alpha value is -1.88. The Morgan fingerprint density at radius 2 is 1.82 bits per heavy atom. The monoisotopic (exact) mass is 236 g/mol. The van der Waals surface area contributed by atoms with Gasteiger partial charge in [0.05, 0.1) is 6.54 Å². The maximum Gasteiger partial charge on any atom is 0.251 e. The molecule has 92 valence electrons. The molecular formula is C12H16N2O3. The lowest BCUT2D eigenvalue weighted by Gasteiger charge is -2.06. The highest BCUT2D eigenvalue weighted by atomic mass is 16.3. The number of hydrogen-bond donors (Lipinski definition) is 3. The lowest BCUT2D eigenvalue weighted by Crippen LogP contribution is -2.37. The van der Waals surface area contributed by atoms with E-state index in [0.717, 1.165) is 0 Å². The molecule has 0 aliphatic rings. The maximum absolute atomic E-state index is 11.5. The first-order valence-corrected chi connectivity index (χ1v) is 5.45. The van der Waals surface area contributed by atoms with E-state index < -0.39 is 0 Å². The van der Waals surface area contributed by atoms with E-state index in [-0.39, 0.29) is 25.0 Å². The van der Waals surface area contributed by atoms with Crippen molar-refractivity contribution in [2.24, 2.45) is 0 Å². The first kappa shape index (κ1) is 13.2. The molecule has 0 bridgehead atoms. The van der Waals surface area contributed by atoms with Crippen molar-refractivity contribution in [3.05, 3.63) is 35.9 Å². The molecule has 1 aromatic rings. The summed E-state index contributed by atoms with van der Waals surface area (Å²) in [4.78, 5) is 22.8. The fraction of sp³-hybridized carbons (Fsp3) is 0.333. The molecule has 0 atom stereocenters. The fourth-order valence-electron chi connectivity index (χ4n) is 1.22. The Morgan fingerprint density at radius 3 is 2.47 bits per heavy atom. The standard InChI is InChI=1S/C12H16N2O3/c15-8-4-7-13-11(16)9-14-12(17)10-5-2-1-3-6-10/h1-3,5-6,15H,4,7-9H2,(H,13,16)(H,14,17). The van der Waals surface area contributed by atoms with Gasteiger partial charge in [-0.1, -0.05) is 18.2 Å². The SMILES string of the molecule is O=C(CNC(=O)c1ccccc1)NCCCO. The summed E-state index contributed by atoms with van der Waals surface area (Å²) in [6, 6.07) is 8.70. The molecule has 5 heteroatoms. The smallest absolute Gasteiger partial charge is 0.251 e. The molecule has 0 spiro atoms. The van der Waals surface area contributed by atoms with E-state index in [1.807, 2.05) is 6.07 Å². The Morgan fingerprint density at radius 1 is 1.12 bits per heavy atom. The molecule has 0 fully saturated rings. The molecule has 0 saturated carbocycles. The van der Waals surface area contributed by atoms with Crippen LogP contribution in [0.1, 0.15) is 16.8 Å². The van der Waals surface area contributed by atoms with Crippen LogP contribution in [0.2, 0.25) is 0 Å². The predicted molar refractivity (Wildman–Crippen MR) is 63.5 cm³/mol. The van der Waals surface area contributed by atoms with Crippen LogP contribution in [0.4, 0.5) is 0 Å². The van der Waals surface area contributed by atoms with E-state index >= 15 is 0 Å². The Balaban J connectivity index is 2.26. The minimum Gasteiger partial charge on any atom is -0.396 e. The van der Waals surface area contributed by atoms with Gasteiger partial charge in [0.2, 0.25) is 5.91 Å². The van der Waals surface area contributed by atoms with Crippen LogP contribution in [-0.2, 0) is 4.79 Å². The highest BCUT2D eigenvalue weighted by molar-refractivity contribution is 5.96. The average Bonchev–Trinajstić information content (AvgIpc) is 2.37. The molecule has 5 nitrogen and oxygen atoms in total. The van der Waals surface area contributed by atoms with Gasteiger partial charge in [0.15, 0.2) is 0 Å². The number of hydrogen-bond acceptors (Lipinski definition) is 3. The fourth-order valence-corrected chi connectivity index (χ4v) is 1.22. The van der Waals surface area contributed by atoms with Crippen LogP contribution in [0.15, 0.2) is 30.3 Å². The molecule has 0 aliphatic heterocycles. The summed E-state index contributed by atoms with van der Waals surface area (Å²) in [5.74, 6) is -0.536. The predicted octanol–water partition coefficient (Wildman–Crippen LogP) is -0.0850. The third-order valence-corrected chi connectivity index (χ3v) is 2.10. The zero-order chi connectivity index (χ0) is 12.5. The summed E-state index contributed by atoms with van der Waals surface area (Å²) >= 11 is 0. The summed E-state index contributed by atoms with van der Waals surface area (Å²) in [5.41, 5.74) is 0.524. The average molecular weight is 236 g/mol. The lowest BCUT2D eigenvalue weighted by molar-refractivity contribution is -0.120. The second-order valence-corrected chi connectivity index (χ2v) is 3.48. The van der Waals surface area contributed by atoms with E-state index in [9.17, 15) is 9.59 Å².